The maximum Gasteiger partial charge on any atom is 0.263 e. The van der Waals surface area contributed by atoms with Crippen LogP contribution in [0.15, 0.2) is 6.07 Å². The zero-order chi connectivity index (χ0) is 11.8. The number of hydrogen-bond donors (Lipinski definition) is 1. The van der Waals surface area contributed by atoms with E-state index in [1.54, 1.807) is 11.3 Å². The van der Waals surface area contributed by atoms with Gasteiger partial charge in [0.2, 0.25) is 0 Å². The maximum absolute atomic E-state index is 12.3. The maximum atomic E-state index is 12.3. The number of nitrogens with zero attached hydrogens (tertiary/aromatic N) is 1. The van der Waals surface area contributed by atoms with Crippen LogP contribution in [0.25, 0.3) is 0 Å². The van der Waals surface area contributed by atoms with Crippen molar-refractivity contribution >= 4 is 29.7 Å². The van der Waals surface area contributed by atoms with Gasteiger partial charge in [-0.25, -0.2) is 0 Å². The second-order valence-corrected chi connectivity index (χ2v) is 6.20. The van der Waals surface area contributed by atoms with Crippen molar-refractivity contribution in [3.05, 3.63) is 21.4 Å². The number of fused-ring (bicyclic) bond motifs is 1. The third-order valence-corrected chi connectivity index (χ3v) is 4.94. The van der Waals surface area contributed by atoms with E-state index in [1.807, 2.05) is 4.90 Å². The molecule has 2 N–H and O–H groups in total. The summed E-state index contributed by atoms with van der Waals surface area (Å²) in [7, 11) is 0. The lowest BCUT2D eigenvalue weighted by Crippen LogP contribution is -2.31. The Balaban J connectivity index is 0.00000120. The van der Waals surface area contributed by atoms with Crippen molar-refractivity contribution in [1.29, 1.82) is 0 Å². The average Bonchev–Trinajstić information content (AvgIpc) is 2.93. The molecule has 2 aliphatic rings. The van der Waals surface area contributed by atoms with Crippen LogP contribution in [0.4, 0.5) is 0 Å². The Morgan fingerprint density at radius 2 is 2.17 bits per heavy atom. The first-order chi connectivity index (χ1) is 8.24. The molecule has 18 heavy (non-hydrogen) atoms. The molecule has 1 saturated heterocycles. The Morgan fingerprint density at radius 3 is 2.83 bits per heavy atom. The van der Waals surface area contributed by atoms with Crippen LogP contribution in [0.5, 0.6) is 0 Å². The van der Waals surface area contributed by atoms with Crippen molar-refractivity contribution in [2.24, 2.45) is 5.73 Å². The highest BCUT2D eigenvalue weighted by molar-refractivity contribution is 7.14. The van der Waals surface area contributed by atoms with Crippen molar-refractivity contribution < 1.29 is 4.79 Å². The molecule has 100 valence electrons. The number of nitrogens with two attached hydrogens (primary N) is 1. The van der Waals surface area contributed by atoms with Crippen LogP contribution in [-0.2, 0) is 12.8 Å². The van der Waals surface area contributed by atoms with Gasteiger partial charge in [-0.3, -0.25) is 4.79 Å². The fourth-order valence-electron chi connectivity index (χ4n) is 2.72. The summed E-state index contributed by atoms with van der Waals surface area (Å²) in [6.45, 7) is 1.55. The van der Waals surface area contributed by atoms with E-state index in [0.29, 0.717) is 0 Å². The number of likely N-dealkylation sites (tertiary alicyclic amines) is 1. The van der Waals surface area contributed by atoms with Crippen LogP contribution in [0.1, 0.15) is 39.4 Å². The van der Waals surface area contributed by atoms with Crippen molar-refractivity contribution in [2.75, 3.05) is 13.1 Å². The highest BCUT2D eigenvalue weighted by Gasteiger charge is 2.26. The summed E-state index contributed by atoms with van der Waals surface area (Å²) in [6, 6.07) is 2.29. The van der Waals surface area contributed by atoms with Crippen LogP contribution in [0.2, 0.25) is 0 Å². The molecular formula is C13H19ClN2OS. The molecule has 0 spiro atoms. The second-order valence-electron chi connectivity index (χ2n) is 5.07. The highest BCUT2D eigenvalue weighted by Crippen LogP contribution is 2.30. The molecule has 0 radical (unpaired) electrons. The number of halogens is 1. The van der Waals surface area contributed by atoms with E-state index in [2.05, 4.69) is 6.07 Å². The van der Waals surface area contributed by atoms with Gasteiger partial charge < -0.3 is 10.6 Å². The monoisotopic (exact) mass is 286 g/mol. The van der Waals surface area contributed by atoms with E-state index >= 15 is 0 Å². The number of rotatable bonds is 1. The molecule has 0 aromatic carbocycles. The van der Waals surface area contributed by atoms with Crippen molar-refractivity contribution in [2.45, 2.75) is 38.1 Å². The van der Waals surface area contributed by atoms with Gasteiger partial charge in [-0.1, -0.05) is 0 Å². The molecule has 1 aliphatic heterocycles. The molecule has 1 fully saturated rings. The molecule has 5 heteroatoms. The molecule has 1 aromatic rings. The van der Waals surface area contributed by atoms with E-state index in [4.69, 9.17) is 5.73 Å². The predicted octanol–water partition coefficient (Wildman–Crippen LogP) is 2.22. The van der Waals surface area contributed by atoms with Crippen LogP contribution >= 0.6 is 23.7 Å². The molecule has 2 heterocycles. The zero-order valence-corrected chi connectivity index (χ0v) is 12.0. The van der Waals surface area contributed by atoms with E-state index < -0.39 is 0 Å². The SMILES string of the molecule is Cl.NC1CCN(C(=O)c2cc3c(s2)CCCC3)C1. The standard InChI is InChI=1S/C13H18N2OS.ClH/c14-10-5-6-15(8-10)13(16)12-7-9-3-1-2-4-11(9)17-12;/h7,10H,1-6,8,14H2;1H. The Kier molecular flexibility index (Phi) is 4.30. The number of aryl methyl sites for hydroxylation is 2. The molecule has 0 bridgehead atoms. The van der Waals surface area contributed by atoms with Gasteiger partial charge in [0.15, 0.2) is 0 Å². The molecule has 1 atom stereocenters. The molecule has 1 aromatic heterocycles. The fraction of sp³-hybridized carbons (Fsp3) is 0.615. The van der Waals surface area contributed by atoms with Gasteiger partial charge in [0.1, 0.15) is 0 Å². The number of thiophene rings is 1. The second kappa shape index (κ2) is 5.59. The van der Waals surface area contributed by atoms with Gasteiger partial charge in [0.25, 0.3) is 5.91 Å². The molecule has 0 saturated carbocycles. The first kappa shape index (κ1) is 13.8. The van der Waals surface area contributed by atoms with Gasteiger partial charge in [0.05, 0.1) is 4.88 Å². The molecular weight excluding hydrogens is 268 g/mol. The average molecular weight is 287 g/mol. The minimum atomic E-state index is 0. The van der Waals surface area contributed by atoms with Gasteiger partial charge in [-0.15, -0.1) is 23.7 Å². The largest absolute Gasteiger partial charge is 0.336 e. The Morgan fingerprint density at radius 1 is 1.39 bits per heavy atom. The van der Waals surface area contributed by atoms with Crippen molar-refractivity contribution in [1.82, 2.24) is 4.90 Å². The van der Waals surface area contributed by atoms with Crippen LogP contribution in [-0.4, -0.2) is 29.9 Å². The molecule has 3 rings (SSSR count). The topological polar surface area (TPSA) is 46.3 Å². The summed E-state index contributed by atoms with van der Waals surface area (Å²) >= 11 is 1.70. The minimum absolute atomic E-state index is 0. The van der Waals surface area contributed by atoms with E-state index in [1.165, 1.54) is 23.3 Å². The minimum Gasteiger partial charge on any atom is -0.336 e. The summed E-state index contributed by atoms with van der Waals surface area (Å²) in [5.41, 5.74) is 7.26. The van der Waals surface area contributed by atoms with Crippen molar-refractivity contribution in [3.8, 4) is 0 Å². The number of amides is 1. The summed E-state index contributed by atoms with van der Waals surface area (Å²) < 4.78 is 0. The lowest BCUT2D eigenvalue weighted by Gasteiger charge is -2.14. The lowest BCUT2D eigenvalue weighted by molar-refractivity contribution is 0.0795. The first-order valence-corrected chi connectivity index (χ1v) is 7.22. The van der Waals surface area contributed by atoms with E-state index in [0.717, 1.165) is 37.2 Å². The van der Waals surface area contributed by atoms with Gasteiger partial charge >= 0.3 is 0 Å². The third kappa shape index (κ3) is 2.56. The third-order valence-electron chi connectivity index (χ3n) is 3.72. The number of carbonyl (C=O) groups excluding carboxylic acids is 1. The van der Waals surface area contributed by atoms with Gasteiger partial charge in [0, 0.05) is 24.0 Å². The number of hydrogen-bond acceptors (Lipinski definition) is 3. The van der Waals surface area contributed by atoms with Gasteiger partial charge in [-0.2, -0.15) is 0 Å². The Labute approximate surface area is 118 Å². The van der Waals surface area contributed by atoms with E-state index in [-0.39, 0.29) is 24.4 Å². The summed E-state index contributed by atoms with van der Waals surface area (Å²) in [5.74, 6) is 0.192. The number of carbonyl (C=O) groups is 1. The molecule has 1 unspecified atom stereocenters. The first-order valence-electron chi connectivity index (χ1n) is 6.40. The van der Waals surface area contributed by atoms with Crippen LogP contribution < -0.4 is 5.73 Å². The smallest absolute Gasteiger partial charge is 0.263 e. The molecule has 1 amide bonds. The predicted molar refractivity (Wildman–Crippen MR) is 76.7 cm³/mol. The van der Waals surface area contributed by atoms with Crippen LogP contribution in [0, 0.1) is 0 Å². The summed E-state index contributed by atoms with van der Waals surface area (Å²) in [6.07, 6.45) is 5.80. The normalized spacial score (nSPS) is 22.5. The van der Waals surface area contributed by atoms with Crippen molar-refractivity contribution in [3.63, 3.8) is 0 Å². The summed E-state index contributed by atoms with van der Waals surface area (Å²) in [5, 5.41) is 0. The molecule has 1 aliphatic carbocycles. The Bertz CT molecular complexity index is 423. The highest BCUT2D eigenvalue weighted by atomic mass is 35.5. The Hall–Kier alpha value is -0.580. The van der Waals surface area contributed by atoms with Crippen LogP contribution in [0.3, 0.4) is 0 Å². The zero-order valence-electron chi connectivity index (χ0n) is 10.4. The fourth-order valence-corrected chi connectivity index (χ4v) is 3.95. The quantitative estimate of drug-likeness (QED) is 0.860. The molecule has 3 nitrogen and oxygen atoms in total. The van der Waals surface area contributed by atoms with Gasteiger partial charge in [-0.05, 0) is 43.7 Å². The summed E-state index contributed by atoms with van der Waals surface area (Å²) in [4.78, 5) is 16.6. The lowest BCUT2D eigenvalue weighted by atomic mass is 9.99. The van der Waals surface area contributed by atoms with E-state index in [9.17, 15) is 4.79 Å².